The molecule has 2 aromatic rings. The molecule has 1 aromatic heterocycles. The Labute approximate surface area is 177 Å². The molecule has 30 heavy (non-hydrogen) atoms. The van der Waals surface area contributed by atoms with E-state index >= 15 is 0 Å². The van der Waals surface area contributed by atoms with E-state index in [1.807, 2.05) is 6.08 Å². The summed E-state index contributed by atoms with van der Waals surface area (Å²) in [4.78, 5) is 23.9. The number of rotatable bonds is 9. The van der Waals surface area contributed by atoms with Crippen LogP contribution in [0.5, 0.6) is 17.2 Å². The van der Waals surface area contributed by atoms with Gasteiger partial charge in [0.2, 0.25) is 5.75 Å². The summed E-state index contributed by atoms with van der Waals surface area (Å²) in [7, 11) is 0. The molecule has 6 heteroatoms. The van der Waals surface area contributed by atoms with Crippen LogP contribution in [0.1, 0.15) is 54.4 Å². The quantitative estimate of drug-likeness (QED) is 0.303. The molecular formula is C24H30O6. The molecule has 0 aliphatic rings. The maximum atomic E-state index is 12.4. The van der Waals surface area contributed by atoms with Crippen molar-refractivity contribution >= 4 is 16.9 Å². The molecule has 1 aromatic carbocycles. The second-order valence-corrected chi connectivity index (χ2v) is 7.65. The zero-order valence-corrected chi connectivity index (χ0v) is 18.5. The summed E-state index contributed by atoms with van der Waals surface area (Å²) >= 11 is 0. The van der Waals surface area contributed by atoms with E-state index in [4.69, 9.17) is 18.6 Å². The predicted molar refractivity (Wildman–Crippen MR) is 117 cm³/mol. The van der Waals surface area contributed by atoms with Crippen LogP contribution in [0.4, 0.5) is 0 Å². The van der Waals surface area contributed by atoms with Crippen molar-refractivity contribution in [2.24, 2.45) is 0 Å². The highest BCUT2D eigenvalue weighted by Crippen LogP contribution is 2.35. The van der Waals surface area contributed by atoms with Crippen molar-refractivity contribution in [1.82, 2.24) is 0 Å². The number of carbonyl (C=O) groups excluding carboxylic acids is 1. The van der Waals surface area contributed by atoms with Crippen LogP contribution >= 0.6 is 0 Å². The van der Waals surface area contributed by atoms with Crippen LogP contribution in [0.25, 0.3) is 11.0 Å². The topological polar surface area (TPSA) is 75.0 Å². The molecule has 0 spiro atoms. The molecule has 0 saturated carbocycles. The molecule has 0 saturated heterocycles. The Balaban J connectivity index is 2.24. The maximum absolute atomic E-state index is 12.4. The van der Waals surface area contributed by atoms with E-state index in [0.717, 1.165) is 12.8 Å². The third-order valence-corrected chi connectivity index (χ3v) is 4.16. The Morgan fingerprint density at radius 1 is 1.10 bits per heavy atom. The number of hydrogen-bond acceptors (Lipinski definition) is 6. The van der Waals surface area contributed by atoms with Gasteiger partial charge in [0.25, 0.3) is 0 Å². The van der Waals surface area contributed by atoms with E-state index in [1.165, 1.54) is 18.1 Å². The molecule has 0 N–H and O–H groups in total. The molecule has 162 valence electrons. The van der Waals surface area contributed by atoms with Gasteiger partial charge in [-0.15, -0.1) is 0 Å². The van der Waals surface area contributed by atoms with Gasteiger partial charge in [-0.05, 0) is 65.7 Å². The van der Waals surface area contributed by atoms with Crippen molar-refractivity contribution in [3.63, 3.8) is 0 Å². The van der Waals surface area contributed by atoms with Crippen molar-refractivity contribution in [3.8, 4) is 17.2 Å². The average Bonchev–Trinajstić information content (AvgIpc) is 2.63. The van der Waals surface area contributed by atoms with Gasteiger partial charge in [0.1, 0.15) is 17.9 Å². The van der Waals surface area contributed by atoms with Crippen molar-refractivity contribution < 1.29 is 23.4 Å². The highest BCUT2D eigenvalue weighted by Gasteiger charge is 2.20. The zero-order chi connectivity index (χ0) is 22.3. The summed E-state index contributed by atoms with van der Waals surface area (Å²) in [6.45, 7) is 11.5. The molecular weight excluding hydrogens is 384 g/mol. The van der Waals surface area contributed by atoms with Crippen LogP contribution in [0.2, 0.25) is 0 Å². The fraction of sp³-hybridized carbons (Fsp3) is 0.417. The molecule has 1 heterocycles. The van der Waals surface area contributed by atoms with E-state index in [-0.39, 0.29) is 23.2 Å². The van der Waals surface area contributed by atoms with E-state index in [1.54, 1.807) is 32.0 Å². The molecule has 0 aliphatic heterocycles. The minimum atomic E-state index is -0.709. The Bertz CT molecular complexity index is 1010. The van der Waals surface area contributed by atoms with Crippen molar-refractivity contribution in [2.45, 2.75) is 60.5 Å². The van der Waals surface area contributed by atoms with E-state index in [2.05, 4.69) is 26.8 Å². The van der Waals surface area contributed by atoms with E-state index in [0.29, 0.717) is 17.7 Å². The van der Waals surface area contributed by atoms with Crippen molar-refractivity contribution in [2.75, 3.05) is 6.61 Å². The second kappa shape index (κ2) is 10.7. The van der Waals surface area contributed by atoms with E-state index in [9.17, 15) is 9.59 Å². The van der Waals surface area contributed by atoms with Gasteiger partial charge in [-0.1, -0.05) is 17.2 Å². The zero-order valence-electron chi connectivity index (χ0n) is 18.5. The average molecular weight is 414 g/mol. The van der Waals surface area contributed by atoms with Crippen LogP contribution in [-0.2, 0) is 4.79 Å². The first-order chi connectivity index (χ1) is 14.2. The fourth-order valence-electron chi connectivity index (χ4n) is 2.78. The van der Waals surface area contributed by atoms with Crippen molar-refractivity contribution in [1.29, 1.82) is 0 Å². The van der Waals surface area contributed by atoms with Gasteiger partial charge in [-0.25, -0.2) is 4.79 Å². The smallest absolute Gasteiger partial charge is 0.383 e. The first-order valence-electron chi connectivity index (χ1n) is 10.0. The van der Waals surface area contributed by atoms with Gasteiger partial charge in [0.15, 0.2) is 5.75 Å². The van der Waals surface area contributed by atoms with Crippen LogP contribution in [-0.4, -0.2) is 18.7 Å². The van der Waals surface area contributed by atoms with Crippen LogP contribution in [0.3, 0.4) is 0 Å². The summed E-state index contributed by atoms with van der Waals surface area (Å²) in [5, 5.41) is 0.459. The SMILES string of the molecule is CC(=O)Oc1c(OC(C)C)c(=O)oc2cc(OC/C=C(\C)CCC=C(C)C)ccc12. The van der Waals surface area contributed by atoms with Crippen LogP contribution in [0, 0.1) is 0 Å². The molecule has 2 rings (SSSR count). The lowest BCUT2D eigenvalue weighted by Gasteiger charge is -2.14. The van der Waals surface area contributed by atoms with Gasteiger partial charge < -0.3 is 18.6 Å². The van der Waals surface area contributed by atoms with Crippen LogP contribution < -0.4 is 19.8 Å². The summed E-state index contributed by atoms with van der Waals surface area (Å²) < 4.78 is 22.0. The minimum absolute atomic E-state index is 0.0593. The number of hydrogen-bond donors (Lipinski definition) is 0. The monoisotopic (exact) mass is 414 g/mol. The van der Waals surface area contributed by atoms with E-state index < -0.39 is 11.6 Å². The maximum Gasteiger partial charge on any atom is 0.383 e. The van der Waals surface area contributed by atoms with Gasteiger partial charge in [0, 0.05) is 13.0 Å². The summed E-state index contributed by atoms with van der Waals surface area (Å²) in [6, 6.07) is 5.03. The normalized spacial score (nSPS) is 11.5. The Kier molecular flexibility index (Phi) is 8.27. The highest BCUT2D eigenvalue weighted by atomic mass is 16.6. The standard InChI is InChI=1S/C24H30O6/c1-15(2)8-7-9-17(5)12-13-27-19-10-11-20-21(14-19)30-24(26)23(28-16(3)4)22(20)29-18(6)25/h8,10-12,14,16H,7,9,13H2,1-6H3/b17-12+. The number of fused-ring (bicyclic) bond motifs is 1. The lowest BCUT2D eigenvalue weighted by molar-refractivity contribution is -0.131. The number of ether oxygens (including phenoxy) is 3. The molecule has 0 fully saturated rings. The Morgan fingerprint density at radius 3 is 2.47 bits per heavy atom. The molecule has 0 bridgehead atoms. The molecule has 6 nitrogen and oxygen atoms in total. The molecule has 0 atom stereocenters. The molecule has 0 radical (unpaired) electrons. The number of carbonyl (C=O) groups is 1. The molecule has 0 aliphatic carbocycles. The van der Waals surface area contributed by atoms with Gasteiger partial charge >= 0.3 is 11.6 Å². The third kappa shape index (κ3) is 6.79. The summed E-state index contributed by atoms with van der Waals surface area (Å²) in [6.07, 6.45) is 5.94. The Morgan fingerprint density at radius 2 is 1.83 bits per heavy atom. The second-order valence-electron chi connectivity index (χ2n) is 7.65. The highest BCUT2D eigenvalue weighted by molar-refractivity contribution is 5.89. The summed E-state index contributed by atoms with van der Waals surface area (Å²) in [5.74, 6) is -0.0600. The molecule has 0 amide bonds. The fourth-order valence-corrected chi connectivity index (χ4v) is 2.78. The number of esters is 1. The predicted octanol–water partition coefficient (Wildman–Crippen LogP) is 5.58. The number of benzene rings is 1. The van der Waals surface area contributed by atoms with Gasteiger partial charge in [-0.2, -0.15) is 0 Å². The lowest BCUT2D eigenvalue weighted by Crippen LogP contribution is -2.16. The Hall–Kier alpha value is -3.02. The first-order valence-corrected chi connectivity index (χ1v) is 10.0. The number of allylic oxidation sites excluding steroid dienone is 3. The van der Waals surface area contributed by atoms with Crippen molar-refractivity contribution in [3.05, 3.63) is 51.9 Å². The first kappa shape index (κ1) is 23.3. The van der Waals surface area contributed by atoms with Gasteiger partial charge in [0.05, 0.1) is 11.5 Å². The van der Waals surface area contributed by atoms with Crippen LogP contribution in [0.15, 0.2) is 50.7 Å². The third-order valence-electron chi connectivity index (χ3n) is 4.16. The van der Waals surface area contributed by atoms with Gasteiger partial charge in [-0.3, -0.25) is 4.79 Å². The lowest BCUT2D eigenvalue weighted by atomic mass is 10.1. The minimum Gasteiger partial charge on any atom is -0.489 e. The molecule has 0 unspecified atom stereocenters. The summed E-state index contributed by atoms with van der Waals surface area (Å²) in [5.41, 5.74) is 2.10. The largest absolute Gasteiger partial charge is 0.489 e.